The van der Waals surface area contributed by atoms with Crippen LogP contribution in [0.2, 0.25) is 0 Å². The van der Waals surface area contributed by atoms with Crippen molar-refractivity contribution in [2.24, 2.45) is 0 Å². The Labute approximate surface area is 85.4 Å². The molecule has 2 N–H and O–H groups in total. The fourth-order valence-electron chi connectivity index (χ4n) is 1.53. The highest BCUT2D eigenvalue weighted by molar-refractivity contribution is 5.81. The number of rotatable bonds is 4. The van der Waals surface area contributed by atoms with E-state index in [0.717, 1.165) is 19.4 Å². The van der Waals surface area contributed by atoms with E-state index in [1.54, 1.807) is 7.05 Å². The zero-order chi connectivity index (χ0) is 10.6. The van der Waals surface area contributed by atoms with E-state index < -0.39 is 0 Å². The van der Waals surface area contributed by atoms with Crippen LogP contribution in [0.15, 0.2) is 0 Å². The van der Waals surface area contributed by atoms with Crippen molar-refractivity contribution in [1.82, 2.24) is 10.6 Å². The van der Waals surface area contributed by atoms with E-state index in [0.29, 0.717) is 6.54 Å². The summed E-state index contributed by atoms with van der Waals surface area (Å²) in [6.07, 6.45) is 2.12. The maximum absolute atomic E-state index is 11.4. The Morgan fingerprint density at radius 3 is 2.86 bits per heavy atom. The van der Waals surface area contributed by atoms with Crippen LogP contribution >= 0.6 is 0 Å². The van der Waals surface area contributed by atoms with Crippen LogP contribution in [0.3, 0.4) is 0 Å². The minimum atomic E-state index is -0.150. The lowest BCUT2D eigenvalue weighted by Crippen LogP contribution is -2.46. The molecule has 0 saturated carbocycles. The average Bonchev–Trinajstić information content (AvgIpc) is 2.61. The molecule has 4 nitrogen and oxygen atoms in total. The molecule has 1 aliphatic heterocycles. The molecule has 1 rings (SSSR count). The number of carbonyl (C=O) groups is 1. The molecular weight excluding hydrogens is 180 g/mol. The topological polar surface area (TPSA) is 50.4 Å². The summed E-state index contributed by atoms with van der Waals surface area (Å²) in [4.78, 5) is 11.4. The first-order chi connectivity index (χ1) is 6.57. The number of nitrogens with one attached hydrogen (secondary N) is 2. The van der Waals surface area contributed by atoms with Gasteiger partial charge in [-0.1, -0.05) is 0 Å². The van der Waals surface area contributed by atoms with E-state index in [2.05, 4.69) is 10.6 Å². The summed E-state index contributed by atoms with van der Waals surface area (Å²) in [6, 6.07) is -0.139. The maximum atomic E-state index is 11.4. The lowest BCUT2D eigenvalue weighted by Gasteiger charge is -2.24. The zero-order valence-electron chi connectivity index (χ0n) is 9.22. The lowest BCUT2D eigenvalue weighted by molar-refractivity contribution is -0.123. The van der Waals surface area contributed by atoms with Gasteiger partial charge in [0.25, 0.3) is 0 Å². The van der Waals surface area contributed by atoms with Crippen molar-refractivity contribution in [3.8, 4) is 0 Å². The molecule has 14 heavy (non-hydrogen) atoms. The molecule has 2 atom stereocenters. The SMILES string of the molecule is CNC(C)C(=O)NCC1(C)CCCO1. The molecule has 1 heterocycles. The molecular formula is C10H20N2O2. The molecule has 0 spiro atoms. The third kappa shape index (κ3) is 2.96. The van der Waals surface area contributed by atoms with E-state index in [1.807, 2.05) is 13.8 Å². The Morgan fingerprint density at radius 2 is 2.36 bits per heavy atom. The summed E-state index contributed by atoms with van der Waals surface area (Å²) in [5.74, 6) is 0.0317. The van der Waals surface area contributed by atoms with Crippen LogP contribution in [0.4, 0.5) is 0 Å². The Bertz CT molecular complexity index is 200. The van der Waals surface area contributed by atoms with Gasteiger partial charge in [-0.15, -0.1) is 0 Å². The van der Waals surface area contributed by atoms with Gasteiger partial charge in [-0.25, -0.2) is 0 Å². The van der Waals surface area contributed by atoms with Crippen LogP contribution in [-0.4, -0.2) is 37.7 Å². The van der Waals surface area contributed by atoms with E-state index >= 15 is 0 Å². The average molecular weight is 200 g/mol. The van der Waals surface area contributed by atoms with Gasteiger partial charge in [0.1, 0.15) is 0 Å². The van der Waals surface area contributed by atoms with Gasteiger partial charge < -0.3 is 15.4 Å². The molecule has 0 radical (unpaired) electrons. The van der Waals surface area contributed by atoms with Crippen LogP contribution in [0.25, 0.3) is 0 Å². The quantitative estimate of drug-likeness (QED) is 0.685. The second kappa shape index (κ2) is 4.75. The van der Waals surface area contributed by atoms with Crippen molar-refractivity contribution in [3.63, 3.8) is 0 Å². The molecule has 0 bridgehead atoms. The molecule has 0 aliphatic carbocycles. The van der Waals surface area contributed by atoms with Crippen molar-refractivity contribution >= 4 is 5.91 Å². The molecule has 82 valence electrons. The lowest BCUT2D eigenvalue weighted by atomic mass is 10.0. The predicted molar refractivity (Wildman–Crippen MR) is 55.1 cm³/mol. The van der Waals surface area contributed by atoms with Crippen LogP contribution in [0.5, 0.6) is 0 Å². The second-order valence-corrected chi connectivity index (χ2v) is 4.13. The molecule has 0 aromatic heterocycles. The highest BCUT2D eigenvalue weighted by Crippen LogP contribution is 2.23. The van der Waals surface area contributed by atoms with Crippen molar-refractivity contribution in [2.75, 3.05) is 20.2 Å². The Hall–Kier alpha value is -0.610. The van der Waals surface area contributed by atoms with Gasteiger partial charge in [-0.2, -0.15) is 0 Å². The summed E-state index contributed by atoms with van der Waals surface area (Å²) >= 11 is 0. The number of likely N-dealkylation sites (N-methyl/N-ethyl adjacent to an activating group) is 1. The van der Waals surface area contributed by atoms with Crippen LogP contribution < -0.4 is 10.6 Å². The highest BCUT2D eigenvalue weighted by atomic mass is 16.5. The van der Waals surface area contributed by atoms with E-state index in [1.165, 1.54) is 0 Å². The van der Waals surface area contributed by atoms with E-state index in [-0.39, 0.29) is 17.6 Å². The van der Waals surface area contributed by atoms with Crippen molar-refractivity contribution in [2.45, 2.75) is 38.3 Å². The summed E-state index contributed by atoms with van der Waals surface area (Å²) in [5, 5.41) is 5.79. The zero-order valence-corrected chi connectivity index (χ0v) is 9.22. The summed E-state index contributed by atoms with van der Waals surface area (Å²) in [5.41, 5.74) is -0.150. The van der Waals surface area contributed by atoms with Gasteiger partial charge >= 0.3 is 0 Å². The molecule has 1 aliphatic rings. The molecule has 1 fully saturated rings. The number of ether oxygens (including phenoxy) is 1. The van der Waals surface area contributed by atoms with E-state index in [4.69, 9.17) is 4.74 Å². The Kier molecular flexibility index (Phi) is 3.89. The maximum Gasteiger partial charge on any atom is 0.236 e. The molecule has 0 aromatic carbocycles. The first kappa shape index (κ1) is 11.5. The highest BCUT2D eigenvalue weighted by Gasteiger charge is 2.30. The Balaban J connectivity index is 2.29. The van der Waals surface area contributed by atoms with Crippen LogP contribution in [0.1, 0.15) is 26.7 Å². The van der Waals surface area contributed by atoms with E-state index in [9.17, 15) is 4.79 Å². The minimum Gasteiger partial charge on any atom is -0.373 e. The minimum absolute atomic E-state index is 0.0317. The molecule has 1 saturated heterocycles. The molecule has 4 heteroatoms. The van der Waals surface area contributed by atoms with Crippen molar-refractivity contribution in [1.29, 1.82) is 0 Å². The number of hydrogen-bond acceptors (Lipinski definition) is 3. The normalized spacial score (nSPS) is 28.8. The summed E-state index contributed by atoms with van der Waals surface area (Å²) < 4.78 is 5.57. The summed E-state index contributed by atoms with van der Waals surface area (Å²) in [7, 11) is 1.78. The van der Waals surface area contributed by atoms with Gasteiger partial charge in [0.15, 0.2) is 0 Å². The third-order valence-corrected chi connectivity index (χ3v) is 2.76. The fourth-order valence-corrected chi connectivity index (χ4v) is 1.53. The molecule has 0 aromatic rings. The first-order valence-corrected chi connectivity index (χ1v) is 5.16. The smallest absolute Gasteiger partial charge is 0.236 e. The van der Waals surface area contributed by atoms with Gasteiger partial charge in [0.05, 0.1) is 11.6 Å². The second-order valence-electron chi connectivity index (χ2n) is 4.13. The predicted octanol–water partition coefficient (Wildman–Crippen LogP) is 0.280. The standard InChI is InChI=1S/C10H20N2O2/c1-8(11-3)9(13)12-7-10(2)5-4-6-14-10/h8,11H,4-7H2,1-3H3,(H,12,13). The fraction of sp³-hybridized carbons (Fsp3) is 0.900. The first-order valence-electron chi connectivity index (χ1n) is 5.16. The monoisotopic (exact) mass is 200 g/mol. The number of carbonyl (C=O) groups excluding carboxylic acids is 1. The van der Waals surface area contributed by atoms with Crippen LogP contribution in [0, 0.1) is 0 Å². The third-order valence-electron chi connectivity index (χ3n) is 2.76. The molecule has 2 unspecified atom stereocenters. The van der Waals surface area contributed by atoms with Crippen molar-refractivity contribution < 1.29 is 9.53 Å². The van der Waals surface area contributed by atoms with Crippen LogP contribution in [-0.2, 0) is 9.53 Å². The van der Waals surface area contributed by atoms with Gasteiger partial charge in [0.2, 0.25) is 5.91 Å². The largest absolute Gasteiger partial charge is 0.373 e. The summed E-state index contributed by atoms with van der Waals surface area (Å²) in [6.45, 7) is 5.31. The number of amides is 1. The van der Waals surface area contributed by atoms with Crippen molar-refractivity contribution in [3.05, 3.63) is 0 Å². The van der Waals surface area contributed by atoms with Gasteiger partial charge in [-0.05, 0) is 33.7 Å². The van der Waals surface area contributed by atoms with Gasteiger partial charge in [-0.3, -0.25) is 4.79 Å². The van der Waals surface area contributed by atoms with Gasteiger partial charge in [0, 0.05) is 13.2 Å². The molecule has 1 amide bonds. The Morgan fingerprint density at radius 1 is 1.64 bits per heavy atom. The number of hydrogen-bond donors (Lipinski definition) is 2.